The minimum absolute atomic E-state index is 0.349. The van der Waals surface area contributed by atoms with Crippen molar-refractivity contribution in [3.05, 3.63) is 35.4 Å². The number of benzene rings is 1. The lowest BCUT2D eigenvalue weighted by Crippen LogP contribution is -2.32. The van der Waals surface area contributed by atoms with E-state index in [1.165, 1.54) is 24.3 Å². The van der Waals surface area contributed by atoms with E-state index in [2.05, 4.69) is 6.92 Å². The number of hydrogen-bond acceptors (Lipinski definition) is 4. The first-order valence-corrected chi connectivity index (χ1v) is 8.89. The van der Waals surface area contributed by atoms with Crippen molar-refractivity contribution >= 4 is 15.6 Å². The maximum Gasteiger partial charge on any atom is 0.177 e. The number of Topliss-reactive ketones (excluding diaryl/α,β-unsaturated/α-hetero) is 1. The van der Waals surface area contributed by atoms with Crippen LogP contribution in [0.4, 0.5) is 0 Å². The van der Waals surface area contributed by atoms with Gasteiger partial charge >= 0.3 is 0 Å². The molecule has 0 aliphatic heterocycles. The van der Waals surface area contributed by atoms with Crippen LogP contribution in [0.5, 0.6) is 0 Å². The first kappa shape index (κ1) is 15.7. The molecule has 2 atom stereocenters. The maximum absolute atomic E-state index is 12.4. The van der Waals surface area contributed by atoms with Gasteiger partial charge in [-0.15, -0.1) is 0 Å². The molecular formula is C16H19NO3S. The summed E-state index contributed by atoms with van der Waals surface area (Å²) in [6.45, 7) is 2.06. The zero-order valence-electron chi connectivity index (χ0n) is 12.1. The molecule has 1 aromatic rings. The Hall–Kier alpha value is -1.67. The van der Waals surface area contributed by atoms with Crippen molar-refractivity contribution in [1.82, 2.24) is 0 Å². The molecule has 1 aliphatic rings. The van der Waals surface area contributed by atoms with E-state index in [4.69, 9.17) is 5.26 Å². The van der Waals surface area contributed by atoms with E-state index in [1.54, 1.807) is 0 Å². The Labute approximate surface area is 125 Å². The van der Waals surface area contributed by atoms with Gasteiger partial charge in [-0.25, -0.2) is 8.42 Å². The summed E-state index contributed by atoms with van der Waals surface area (Å²) in [5.74, 6) is -0.419. The van der Waals surface area contributed by atoms with Crippen molar-refractivity contribution in [3.63, 3.8) is 0 Å². The molecule has 0 saturated heterocycles. The van der Waals surface area contributed by atoms with Gasteiger partial charge < -0.3 is 0 Å². The molecule has 0 amide bonds. The monoisotopic (exact) mass is 305 g/mol. The van der Waals surface area contributed by atoms with E-state index in [9.17, 15) is 13.2 Å². The van der Waals surface area contributed by atoms with E-state index >= 15 is 0 Å². The molecule has 2 unspecified atom stereocenters. The normalized spacial score (nSPS) is 22.5. The average molecular weight is 305 g/mol. The third-order valence-electron chi connectivity index (χ3n) is 4.06. The van der Waals surface area contributed by atoms with Gasteiger partial charge in [0, 0.05) is 5.56 Å². The minimum Gasteiger partial charge on any atom is -0.293 e. The van der Waals surface area contributed by atoms with E-state index in [-0.39, 0.29) is 5.25 Å². The number of ketones is 1. The summed E-state index contributed by atoms with van der Waals surface area (Å²) < 4.78 is 24.7. The summed E-state index contributed by atoms with van der Waals surface area (Å²) in [4.78, 5) is 12.1. The quantitative estimate of drug-likeness (QED) is 0.802. The zero-order chi connectivity index (χ0) is 15.5. The molecule has 112 valence electrons. The zero-order valence-corrected chi connectivity index (χ0v) is 12.9. The minimum atomic E-state index is -3.39. The van der Waals surface area contributed by atoms with Gasteiger partial charge in [0.15, 0.2) is 15.6 Å². The van der Waals surface area contributed by atoms with Crippen LogP contribution < -0.4 is 0 Å². The molecule has 5 heteroatoms. The number of nitrogens with zero attached hydrogens (tertiary/aromatic N) is 1. The molecule has 0 bridgehead atoms. The van der Waals surface area contributed by atoms with Gasteiger partial charge in [0.05, 0.1) is 16.9 Å². The molecule has 1 fully saturated rings. The average Bonchev–Trinajstić information content (AvgIpc) is 2.47. The number of nitriles is 1. The topological polar surface area (TPSA) is 75.0 Å². The highest BCUT2D eigenvalue weighted by Gasteiger charge is 2.31. The van der Waals surface area contributed by atoms with E-state index < -0.39 is 21.4 Å². The second-order valence-corrected chi connectivity index (χ2v) is 8.09. The summed E-state index contributed by atoms with van der Waals surface area (Å²) in [6.07, 6.45) is 3.29. The first-order valence-electron chi connectivity index (χ1n) is 7.17. The van der Waals surface area contributed by atoms with Crippen LogP contribution in [0.25, 0.3) is 0 Å². The Bertz CT molecular complexity index is 656. The summed E-state index contributed by atoms with van der Waals surface area (Å²) in [7, 11) is -3.39. The molecule has 0 aromatic heterocycles. The Morgan fingerprint density at radius 3 is 2.52 bits per heavy atom. The van der Waals surface area contributed by atoms with Crippen LogP contribution in [0.1, 0.15) is 48.5 Å². The molecule has 2 rings (SSSR count). The number of carbonyl (C=O) groups is 1. The molecule has 0 heterocycles. The number of rotatable bonds is 4. The van der Waals surface area contributed by atoms with Crippen molar-refractivity contribution in [3.8, 4) is 6.07 Å². The Morgan fingerprint density at radius 1 is 1.29 bits per heavy atom. The second-order valence-electron chi connectivity index (χ2n) is 5.81. The molecule has 21 heavy (non-hydrogen) atoms. The fourth-order valence-electron chi connectivity index (χ4n) is 2.82. The van der Waals surface area contributed by atoms with Gasteiger partial charge in [-0.2, -0.15) is 5.26 Å². The van der Waals surface area contributed by atoms with E-state index in [0.29, 0.717) is 29.9 Å². The van der Waals surface area contributed by atoms with Crippen molar-refractivity contribution in [2.75, 3.05) is 5.75 Å². The van der Waals surface area contributed by atoms with Crippen LogP contribution in [0.15, 0.2) is 24.3 Å². The van der Waals surface area contributed by atoms with Crippen molar-refractivity contribution < 1.29 is 13.2 Å². The van der Waals surface area contributed by atoms with Gasteiger partial charge in [-0.05, 0) is 30.9 Å². The molecule has 1 saturated carbocycles. The highest BCUT2D eigenvalue weighted by Crippen LogP contribution is 2.29. The fourth-order valence-corrected chi connectivity index (χ4v) is 4.73. The highest BCUT2D eigenvalue weighted by molar-refractivity contribution is 7.92. The van der Waals surface area contributed by atoms with Gasteiger partial charge in [0.25, 0.3) is 0 Å². The van der Waals surface area contributed by atoms with Gasteiger partial charge in [0.2, 0.25) is 0 Å². The SMILES string of the molecule is CC1CCCC(S(=O)(=O)CC(=O)c2ccc(C#N)cc2)C1. The smallest absolute Gasteiger partial charge is 0.177 e. The summed E-state index contributed by atoms with van der Waals surface area (Å²) >= 11 is 0. The number of hydrogen-bond donors (Lipinski definition) is 0. The molecule has 0 radical (unpaired) electrons. The van der Waals surface area contributed by atoms with Crippen molar-refractivity contribution in [2.45, 2.75) is 37.9 Å². The predicted molar refractivity (Wildman–Crippen MR) is 80.7 cm³/mol. The van der Waals surface area contributed by atoms with Crippen molar-refractivity contribution in [1.29, 1.82) is 5.26 Å². The van der Waals surface area contributed by atoms with Crippen LogP contribution in [-0.4, -0.2) is 25.2 Å². The van der Waals surface area contributed by atoms with Gasteiger partial charge in [-0.3, -0.25) is 4.79 Å². The molecule has 4 nitrogen and oxygen atoms in total. The van der Waals surface area contributed by atoms with Crippen LogP contribution in [0.3, 0.4) is 0 Å². The third kappa shape index (κ3) is 3.92. The number of sulfone groups is 1. The second kappa shape index (κ2) is 6.40. The molecule has 1 aliphatic carbocycles. The standard InChI is InChI=1S/C16H19NO3S/c1-12-3-2-4-15(9-12)21(19,20)11-16(18)14-7-5-13(10-17)6-8-14/h5-8,12,15H,2-4,9,11H2,1H3. The first-order chi connectivity index (χ1) is 9.92. The van der Waals surface area contributed by atoms with Crippen LogP contribution in [0.2, 0.25) is 0 Å². The van der Waals surface area contributed by atoms with Crippen LogP contribution >= 0.6 is 0 Å². The summed E-state index contributed by atoms with van der Waals surface area (Å²) in [6, 6.07) is 8.06. The van der Waals surface area contributed by atoms with Crippen LogP contribution in [0, 0.1) is 17.2 Å². The fraction of sp³-hybridized carbons (Fsp3) is 0.500. The number of carbonyl (C=O) groups excluding carboxylic acids is 1. The highest BCUT2D eigenvalue weighted by atomic mass is 32.2. The van der Waals surface area contributed by atoms with Crippen LogP contribution in [-0.2, 0) is 9.84 Å². The summed E-state index contributed by atoms with van der Waals surface area (Å²) in [5, 5.41) is 8.33. The van der Waals surface area contributed by atoms with E-state index in [0.717, 1.165) is 12.8 Å². The lowest BCUT2D eigenvalue weighted by Gasteiger charge is -2.26. The largest absolute Gasteiger partial charge is 0.293 e. The molecule has 0 N–H and O–H groups in total. The molecule has 1 aromatic carbocycles. The maximum atomic E-state index is 12.4. The van der Waals surface area contributed by atoms with Crippen molar-refractivity contribution in [2.24, 2.45) is 5.92 Å². The lowest BCUT2D eigenvalue weighted by molar-refractivity contribution is 0.102. The van der Waals surface area contributed by atoms with Gasteiger partial charge in [0.1, 0.15) is 5.75 Å². The Kier molecular flexibility index (Phi) is 4.79. The summed E-state index contributed by atoms with van der Waals surface area (Å²) in [5.41, 5.74) is 0.803. The van der Waals surface area contributed by atoms with Gasteiger partial charge in [-0.1, -0.05) is 31.9 Å². The third-order valence-corrected chi connectivity index (χ3v) is 6.17. The Morgan fingerprint density at radius 2 is 1.95 bits per heavy atom. The molecule has 0 spiro atoms. The lowest BCUT2D eigenvalue weighted by atomic mass is 9.91. The predicted octanol–water partition coefficient (Wildman–Crippen LogP) is 2.73. The Balaban J connectivity index is 2.08. The van der Waals surface area contributed by atoms with E-state index in [1.807, 2.05) is 6.07 Å². The molecular weight excluding hydrogens is 286 g/mol.